The molecule has 106 valence electrons. The topological polar surface area (TPSA) is 72.2 Å². The monoisotopic (exact) mass is 290 g/mol. The summed E-state index contributed by atoms with van der Waals surface area (Å²) in [5.74, 6) is -2.82. The van der Waals surface area contributed by atoms with Gasteiger partial charge in [0, 0.05) is 0 Å². The van der Waals surface area contributed by atoms with Crippen LogP contribution in [0.2, 0.25) is 0 Å². The summed E-state index contributed by atoms with van der Waals surface area (Å²) in [6.07, 6.45) is 0.411. The first-order valence-corrected chi connectivity index (χ1v) is 6.89. The van der Waals surface area contributed by atoms with Crippen molar-refractivity contribution in [2.24, 2.45) is 11.7 Å². The molecule has 4 nitrogen and oxygen atoms in total. The Kier molecular flexibility index (Phi) is 5.56. The molecule has 1 amide bonds. The lowest BCUT2D eigenvalue weighted by molar-refractivity contribution is -0.120. The van der Waals surface area contributed by atoms with E-state index in [1.807, 2.05) is 13.8 Å². The van der Waals surface area contributed by atoms with Crippen LogP contribution in [0.4, 0.5) is 8.78 Å². The lowest BCUT2D eigenvalue weighted by atomic mass is 10.0. The zero-order valence-electron chi connectivity index (χ0n) is 10.7. The van der Waals surface area contributed by atoms with Crippen molar-refractivity contribution >= 4 is 16.9 Å². The molecule has 0 aliphatic carbocycles. The maximum atomic E-state index is 13.4. The largest absolute Gasteiger partial charge is 0.320 e. The molecule has 3 N–H and O–H groups in total. The van der Waals surface area contributed by atoms with Crippen molar-refractivity contribution in [3.8, 4) is 0 Å². The Labute approximate surface area is 113 Å². The summed E-state index contributed by atoms with van der Waals surface area (Å²) in [6, 6.07) is 2.43. The third-order valence-electron chi connectivity index (χ3n) is 2.37. The molecule has 0 aromatic heterocycles. The zero-order chi connectivity index (χ0) is 14.6. The van der Waals surface area contributed by atoms with E-state index in [1.165, 1.54) is 6.07 Å². The van der Waals surface area contributed by atoms with Crippen LogP contribution in [-0.4, -0.2) is 16.2 Å². The van der Waals surface area contributed by atoms with E-state index in [0.29, 0.717) is 6.42 Å². The Morgan fingerprint density at radius 2 is 2.05 bits per heavy atom. The van der Waals surface area contributed by atoms with Crippen molar-refractivity contribution in [1.82, 2.24) is 4.72 Å². The number of nitrogens with one attached hydrogen (secondary N) is 1. The highest BCUT2D eigenvalue weighted by molar-refractivity contribution is 7.83. The van der Waals surface area contributed by atoms with Crippen LogP contribution < -0.4 is 10.5 Å². The van der Waals surface area contributed by atoms with Gasteiger partial charge in [0.15, 0.2) is 22.6 Å². The van der Waals surface area contributed by atoms with E-state index in [0.717, 1.165) is 12.1 Å². The van der Waals surface area contributed by atoms with Crippen LogP contribution in [0.15, 0.2) is 23.1 Å². The molecule has 2 unspecified atom stereocenters. The molecular weight excluding hydrogens is 274 g/mol. The number of nitrogens with two attached hydrogens (primary N) is 1. The van der Waals surface area contributed by atoms with Crippen molar-refractivity contribution in [1.29, 1.82) is 0 Å². The quantitative estimate of drug-likeness (QED) is 0.862. The molecule has 0 aliphatic rings. The number of benzene rings is 1. The normalized spacial score (nSPS) is 14.2. The summed E-state index contributed by atoms with van der Waals surface area (Å²) in [7, 11) is -2.17. The number of hydrogen-bond acceptors (Lipinski definition) is 3. The van der Waals surface area contributed by atoms with Gasteiger partial charge in [-0.05, 0) is 24.5 Å². The van der Waals surface area contributed by atoms with E-state index in [2.05, 4.69) is 4.72 Å². The lowest BCUT2D eigenvalue weighted by Gasteiger charge is -2.13. The third kappa shape index (κ3) is 4.36. The molecule has 19 heavy (non-hydrogen) atoms. The number of hydrogen-bond donors (Lipinski definition) is 2. The van der Waals surface area contributed by atoms with E-state index < -0.39 is 39.5 Å². The van der Waals surface area contributed by atoms with Crippen LogP contribution in [0.25, 0.3) is 0 Å². The molecule has 0 radical (unpaired) electrons. The zero-order valence-corrected chi connectivity index (χ0v) is 11.5. The fraction of sp³-hybridized carbons (Fsp3) is 0.417. The Hall–Kier alpha value is -1.34. The van der Waals surface area contributed by atoms with Crippen LogP contribution in [0.1, 0.15) is 20.3 Å². The van der Waals surface area contributed by atoms with E-state index in [4.69, 9.17) is 5.73 Å². The predicted octanol–water partition coefficient (Wildman–Crippen LogP) is 1.48. The fourth-order valence-corrected chi connectivity index (χ4v) is 2.37. The van der Waals surface area contributed by atoms with Crippen LogP contribution >= 0.6 is 0 Å². The number of carbonyl (C=O) groups excluding carboxylic acids is 1. The molecule has 0 bridgehead atoms. The highest BCUT2D eigenvalue weighted by Crippen LogP contribution is 2.14. The molecule has 0 saturated heterocycles. The molecule has 0 heterocycles. The van der Waals surface area contributed by atoms with E-state index in [9.17, 15) is 17.8 Å². The summed E-state index contributed by atoms with van der Waals surface area (Å²) in [5, 5.41) is 0. The predicted molar refractivity (Wildman–Crippen MR) is 68.3 cm³/mol. The molecule has 1 aromatic rings. The van der Waals surface area contributed by atoms with Crippen molar-refractivity contribution in [3.63, 3.8) is 0 Å². The van der Waals surface area contributed by atoms with Gasteiger partial charge in [0.05, 0.1) is 10.9 Å². The summed E-state index contributed by atoms with van der Waals surface area (Å²) >= 11 is 0. The Balaban J connectivity index is 2.75. The maximum absolute atomic E-state index is 13.4. The molecule has 0 fully saturated rings. The van der Waals surface area contributed by atoms with E-state index in [-0.39, 0.29) is 5.92 Å². The number of halogens is 2. The molecule has 0 spiro atoms. The van der Waals surface area contributed by atoms with Gasteiger partial charge in [0.1, 0.15) is 0 Å². The minimum absolute atomic E-state index is 0.195. The molecule has 0 saturated carbocycles. The molecule has 0 aliphatic heterocycles. The number of carbonyl (C=O) groups is 1. The van der Waals surface area contributed by atoms with Gasteiger partial charge in [-0.15, -0.1) is 0 Å². The Morgan fingerprint density at radius 1 is 1.42 bits per heavy atom. The molecule has 1 rings (SSSR count). The Morgan fingerprint density at radius 3 is 2.63 bits per heavy atom. The van der Waals surface area contributed by atoms with Gasteiger partial charge in [-0.25, -0.2) is 13.0 Å². The Bertz CT molecular complexity index is 495. The average Bonchev–Trinajstić information content (AvgIpc) is 2.31. The highest BCUT2D eigenvalue weighted by atomic mass is 32.2. The van der Waals surface area contributed by atoms with Crippen LogP contribution in [-0.2, 0) is 15.8 Å². The van der Waals surface area contributed by atoms with Gasteiger partial charge in [0.25, 0.3) is 0 Å². The summed E-state index contributed by atoms with van der Waals surface area (Å²) in [5.41, 5.74) is 5.60. The first kappa shape index (κ1) is 15.7. The van der Waals surface area contributed by atoms with Gasteiger partial charge in [-0.2, -0.15) is 0 Å². The summed E-state index contributed by atoms with van der Waals surface area (Å²) < 4.78 is 40.1. The first-order valence-electron chi connectivity index (χ1n) is 5.74. The maximum Gasteiger partial charge on any atom is 0.248 e. The molecule has 1 aromatic carbocycles. The van der Waals surface area contributed by atoms with Crippen molar-refractivity contribution in [2.45, 2.75) is 31.2 Å². The van der Waals surface area contributed by atoms with Crippen molar-refractivity contribution in [2.75, 3.05) is 0 Å². The van der Waals surface area contributed by atoms with Gasteiger partial charge >= 0.3 is 0 Å². The molecule has 7 heteroatoms. The van der Waals surface area contributed by atoms with Gasteiger partial charge in [0.2, 0.25) is 5.91 Å². The minimum Gasteiger partial charge on any atom is -0.320 e. The fourth-order valence-electron chi connectivity index (χ4n) is 1.46. The van der Waals surface area contributed by atoms with E-state index in [1.54, 1.807) is 0 Å². The van der Waals surface area contributed by atoms with Crippen LogP contribution in [0.3, 0.4) is 0 Å². The van der Waals surface area contributed by atoms with Gasteiger partial charge in [-0.1, -0.05) is 19.9 Å². The number of amides is 1. The van der Waals surface area contributed by atoms with Crippen LogP contribution in [0.5, 0.6) is 0 Å². The first-order chi connectivity index (χ1) is 8.82. The van der Waals surface area contributed by atoms with Crippen LogP contribution in [0, 0.1) is 17.6 Å². The van der Waals surface area contributed by atoms with E-state index >= 15 is 0 Å². The summed E-state index contributed by atoms with van der Waals surface area (Å²) in [6.45, 7) is 3.77. The second-order valence-electron chi connectivity index (χ2n) is 4.52. The second kappa shape index (κ2) is 6.72. The van der Waals surface area contributed by atoms with Gasteiger partial charge < -0.3 is 5.73 Å². The standard InChI is InChI=1S/C12H16F2N2O2S/c1-7(2)6-9(15)12(17)16-19(18)10-5-3-4-8(13)11(10)14/h3-5,7,9H,6,15H2,1-2H3,(H,16,17). The number of rotatable bonds is 5. The minimum atomic E-state index is -2.17. The smallest absolute Gasteiger partial charge is 0.248 e. The second-order valence-corrected chi connectivity index (χ2v) is 5.70. The highest BCUT2D eigenvalue weighted by Gasteiger charge is 2.20. The van der Waals surface area contributed by atoms with Gasteiger partial charge in [-0.3, -0.25) is 9.52 Å². The molecular formula is C12H16F2N2O2S. The third-order valence-corrected chi connectivity index (χ3v) is 3.47. The lowest BCUT2D eigenvalue weighted by Crippen LogP contribution is -2.42. The van der Waals surface area contributed by atoms with Crippen molar-refractivity contribution < 1.29 is 17.8 Å². The SMILES string of the molecule is CC(C)CC(N)C(=O)NS(=O)c1cccc(F)c1F. The average molecular weight is 290 g/mol. The van der Waals surface area contributed by atoms with Crippen molar-refractivity contribution in [3.05, 3.63) is 29.8 Å². The molecule has 2 atom stereocenters. The summed E-state index contributed by atoms with van der Waals surface area (Å²) in [4.78, 5) is 11.2.